The molecule has 4 nitrogen and oxygen atoms in total. The number of aromatic nitrogens is 2. The minimum absolute atomic E-state index is 0.303. The Morgan fingerprint density at radius 2 is 2.45 bits per heavy atom. The van der Waals surface area contributed by atoms with Crippen molar-refractivity contribution >= 4 is 5.82 Å². The molecule has 0 aliphatic heterocycles. The van der Waals surface area contributed by atoms with Crippen molar-refractivity contribution in [3.63, 3.8) is 0 Å². The minimum Gasteiger partial charge on any atom is -0.361 e. The van der Waals surface area contributed by atoms with Crippen LogP contribution in [0.1, 0.15) is 6.92 Å². The predicted octanol–water partition coefficient (Wildman–Crippen LogP) is 0.226. The van der Waals surface area contributed by atoms with Crippen molar-refractivity contribution in [2.75, 3.05) is 18.5 Å². The van der Waals surface area contributed by atoms with Crippen molar-refractivity contribution in [3.8, 4) is 0 Å². The van der Waals surface area contributed by atoms with Crippen molar-refractivity contribution in [1.29, 1.82) is 0 Å². The molecule has 1 aromatic heterocycles. The lowest BCUT2D eigenvalue weighted by Gasteiger charge is -2.14. The molecule has 4 heteroatoms. The molecular weight excluding hydrogens is 142 g/mol. The van der Waals surface area contributed by atoms with Gasteiger partial charge in [-0.25, -0.2) is 9.78 Å². The van der Waals surface area contributed by atoms with Crippen LogP contribution in [-0.4, -0.2) is 23.6 Å². The van der Waals surface area contributed by atoms with Gasteiger partial charge in [-0.1, -0.05) is 0 Å². The van der Waals surface area contributed by atoms with E-state index in [2.05, 4.69) is 9.97 Å². The summed E-state index contributed by atoms with van der Waals surface area (Å²) in [7, 11) is 1.91. The number of hydrogen-bond acceptors (Lipinski definition) is 3. The first-order valence-electron chi connectivity index (χ1n) is 3.50. The summed E-state index contributed by atoms with van der Waals surface area (Å²) in [5, 5.41) is 0. The van der Waals surface area contributed by atoms with Gasteiger partial charge in [0.05, 0.1) is 0 Å². The zero-order valence-corrected chi connectivity index (χ0v) is 6.66. The van der Waals surface area contributed by atoms with E-state index in [-0.39, 0.29) is 5.69 Å². The number of aromatic amines is 1. The molecule has 0 fully saturated rings. The van der Waals surface area contributed by atoms with Gasteiger partial charge in [0.25, 0.3) is 0 Å². The van der Waals surface area contributed by atoms with E-state index in [1.165, 1.54) is 6.20 Å². The first-order valence-corrected chi connectivity index (χ1v) is 3.50. The number of anilines is 1. The third kappa shape index (κ3) is 1.80. The van der Waals surface area contributed by atoms with Gasteiger partial charge in [-0.2, -0.15) is 0 Å². The Balaban J connectivity index is 2.96. The summed E-state index contributed by atoms with van der Waals surface area (Å²) in [5.74, 6) is 0.799. The Hall–Kier alpha value is -1.32. The van der Waals surface area contributed by atoms with Crippen LogP contribution in [0.25, 0.3) is 0 Å². The molecule has 1 aromatic rings. The maximum absolute atomic E-state index is 10.7. The molecule has 0 aliphatic rings. The van der Waals surface area contributed by atoms with Gasteiger partial charge in [-0.3, -0.25) is 4.98 Å². The van der Waals surface area contributed by atoms with Crippen LogP contribution in [0.15, 0.2) is 17.1 Å². The molecule has 0 bridgehead atoms. The largest absolute Gasteiger partial charge is 0.361 e. The van der Waals surface area contributed by atoms with E-state index in [0.29, 0.717) is 0 Å². The molecule has 0 aromatic carbocycles. The first kappa shape index (κ1) is 7.78. The number of rotatable bonds is 2. The van der Waals surface area contributed by atoms with Crippen molar-refractivity contribution in [2.24, 2.45) is 0 Å². The summed E-state index contributed by atoms with van der Waals surface area (Å²) in [6.07, 6.45) is 1.50. The lowest BCUT2D eigenvalue weighted by Crippen LogP contribution is -2.21. The first-order chi connectivity index (χ1) is 5.24. The lowest BCUT2D eigenvalue weighted by atomic mass is 10.5. The van der Waals surface area contributed by atoms with Crippen LogP contribution in [0.3, 0.4) is 0 Å². The molecule has 0 atom stereocenters. The smallest absolute Gasteiger partial charge is 0.346 e. The fourth-order valence-corrected chi connectivity index (χ4v) is 0.752. The van der Waals surface area contributed by atoms with Crippen LogP contribution in [0.2, 0.25) is 0 Å². The Kier molecular flexibility index (Phi) is 2.25. The zero-order chi connectivity index (χ0) is 8.27. The molecule has 11 heavy (non-hydrogen) atoms. The third-order valence-electron chi connectivity index (χ3n) is 1.54. The van der Waals surface area contributed by atoms with Gasteiger partial charge in [0.2, 0.25) is 0 Å². The van der Waals surface area contributed by atoms with Crippen molar-refractivity contribution in [3.05, 3.63) is 22.7 Å². The summed E-state index contributed by atoms with van der Waals surface area (Å²) < 4.78 is 0. The fraction of sp³-hybridized carbons (Fsp3) is 0.429. The van der Waals surface area contributed by atoms with Crippen molar-refractivity contribution in [2.45, 2.75) is 6.92 Å². The van der Waals surface area contributed by atoms with E-state index in [1.807, 2.05) is 18.9 Å². The normalized spacial score (nSPS) is 9.64. The van der Waals surface area contributed by atoms with E-state index in [0.717, 1.165) is 12.4 Å². The van der Waals surface area contributed by atoms with E-state index >= 15 is 0 Å². The molecule has 0 radical (unpaired) electrons. The Morgan fingerprint density at radius 1 is 1.73 bits per heavy atom. The topological polar surface area (TPSA) is 49.0 Å². The average Bonchev–Trinajstić information content (AvgIpc) is 2.03. The van der Waals surface area contributed by atoms with E-state index in [4.69, 9.17) is 0 Å². The highest BCUT2D eigenvalue weighted by Crippen LogP contribution is 2.01. The van der Waals surface area contributed by atoms with Gasteiger partial charge in [0.1, 0.15) is 5.82 Å². The summed E-state index contributed by atoms with van der Waals surface area (Å²) in [6.45, 7) is 2.87. The molecule has 0 aliphatic carbocycles. The van der Waals surface area contributed by atoms with Crippen LogP contribution in [-0.2, 0) is 0 Å². The van der Waals surface area contributed by atoms with Crippen LogP contribution in [0.5, 0.6) is 0 Å². The monoisotopic (exact) mass is 153 g/mol. The third-order valence-corrected chi connectivity index (χ3v) is 1.54. The highest BCUT2D eigenvalue weighted by molar-refractivity contribution is 5.34. The zero-order valence-electron chi connectivity index (χ0n) is 6.66. The summed E-state index contributed by atoms with van der Waals surface area (Å²) in [4.78, 5) is 18.8. The highest BCUT2D eigenvalue weighted by atomic mass is 16.1. The minimum atomic E-state index is -0.303. The van der Waals surface area contributed by atoms with Crippen molar-refractivity contribution in [1.82, 2.24) is 9.97 Å². The Bertz CT molecular complexity index is 281. The molecule has 0 spiro atoms. The quantitative estimate of drug-likeness (QED) is 0.661. The highest BCUT2D eigenvalue weighted by Gasteiger charge is 1.96. The Morgan fingerprint density at radius 3 is 3.00 bits per heavy atom. The summed E-state index contributed by atoms with van der Waals surface area (Å²) in [6, 6.07) is 1.77. The molecule has 0 amide bonds. The fourth-order valence-electron chi connectivity index (χ4n) is 0.752. The number of hydrogen-bond donors (Lipinski definition) is 1. The van der Waals surface area contributed by atoms with E-state index < -0.39 is 0 Å². The van der Waals surface area contributed by atoms with Crippen molar-refractivity contribution < 1.29 is 0 Å². The van der Waals surface area contributed by atoms with E-state index in [1.54, 1.807) is 6.07 Å². The van der Waals surface area contributed by atoms with Crippen LogP contribution >= 0.6 is 0 Å². The van der Waals surface area contributed by atoms with Crippen LogP contribution in [0, 0.1) is 0 Å². The van der Waals surface area contributed by atoms with Gasteiger partial charge >= 0.3 is 5.69 Å². The maximum Gasteiger partial charge on any atom is 0.346 e. The molecule has 0 unspecified atom stereocenters. The van der Waals surface area contributed by atoms with E-state index in [9.17, 15) is 4.79 Å². The summed E-state index contributed by atoms with van der Waals surface area (Å²) >= 11 is 0. The SMILES string of the molecule is CCN(C)c1ccnc(=O)[nH]1. The van der Waals surface area contributed by atoms with Gasteiger partial charge in [-0.15, -0.1) is 0 Å². The van der Waals surface area contributed by atoms with Crippen LogP contribution in [0.4, 0.5) is 5.82 Å². The Labute approximate surface area is 64.9 Å². The maximum atomic E-state index is 10.7. The molecular formula is C7H11N3O. The average molecular weight is 153 g/mol. The standard InChI is InChI=1S/C7H11N3O/c1-3-10(2)6-4-5-8-7(11)9-6/h4-5H,3H2,1-2H3,(H,8,9,11). The molecule has 1 heterocycles. The van der Waals surface area contributed by atoms with Crippen LogP contribution < -0.4 is 10.6 Å². The second-order valence-corrected chi connectivity index (χ2v) is 2.27. The molecule has 1 rings (SSSR count). The molecule has 0 saturated carbocycles. The summed E-state index contributed by atoms with van der Waals surface area (Å²) in [5.41, 5.74) is -0.303. The van der Waals surface area contributed by atoms with Gasteiger partial charge in [-0.05, 0) is 13.0 Å². The number of H-pyrrole nitrogens is 1. The lowest BCUT2D eigenvalue weighted by molar-refractivity contribution is 0.914. The second kappa shape index (κ2) is 3.18. The molecule has 60 valence electrons. The van der Waals surface area contributed by atoms with Gasteiger partial charge in [0.15, 0.2) is 0 Å². The van der Waals surface area contributed by atoms with Gasteiger partial charge < -0.3 is 4.90 Å². The molecule has 1 N–H and O–H groups in total. The number of nitrogens with zero attached hydrogens (tertiary/aromatic N) is 2. The molecule has 0 saturated heterocycles. The van der Waals surface area contributed by atoms with Gasteiger partial charge in [0, 0.05) is 19.8 Å². The second-order valence-electron chi connectivity index (χ2n) is 2.27. The number of nitrogens with one attached hydrogen (secondary N) is 1. The predicted molar refractivity (Wildman–Crippen MR) is 43.8 cm³/mol.